The molecular weight excluding hydrogens is 432 g/mol. The summed E-state index contributed by atoms with van der Waals surface area (Å²) in [5.74, 6) is -2.33. The molecule has 0 saturated carbocycles. The van der Waals surface area contributed by atoms with Crippen LogP contribution in [0, 0.1) is 11.6 Å². The van der Waals surface area contributed by atoms with Crippen molar-refractivity contribution >= 4 is 29.5 Å². The Morgan fingerprint density at radius 3 is 2.39 bits per heavy atom. The van der Waals surface area contributed by atoms with Crippen LogP contribution in [0.3, 0.4) is 0 Å². The summed E-state index contributed by atoms with van der Waals surface area (Å²) in [6, 6.07) is 12.1. The molecule has 0 radical (unpaired) electrons. The molecule has 0 saturated heterocycles. The van der Waals surface area contributed by atoms with Crippen LogP contribution in [0.15, 0.2) is 65.1 Å². The number of anilines is 1. The molecule has 3 N–H and O–H groups in total. The average Bonchev–Trinajstić information content (AvgIpc) is 3.29. The second kappa shape index (κ2) is 10.4. The lowest BCUT2D eigenvalue weighted by Crippen LogP contribution is -2.43. The van der Waals surface area contributed by atoms with E-state index < -0.39 is 29.5 Å². The molecule has 1 aromatic heterocycles. The van der Waals surface area contributed by atoms with Gasteiger partial charge in [-0.1, -0.05) is 0 Å². The van der Waals surface area contributed by atoms with Gasteiger partial charge in [0.15, 0.2) is 5.76 Å². The Morgan fingerprint density at radius 2 is 1.73 bits per heavy atom. The number of nitrogens with one attached hydrogen (secondary N) is 3. The topological polar surface area (TPSA) is 100 Å². The first-order valence-corrected chi connectivity index (χ1v) is 9.93. The molecule has 2 aromatic carbocycles. The van der Waals surface area contributed by atoms with Crippen LogP contribution in [0.4, 0.5) is 14.5 Å². The molecule has 0 aliphatic rings. The molecule has 7 nitrogen and oxygen atoms in total. The third-order valence-corrected chi connectivity index (χ3v) is 4.63. The molecule has 170 valence electrons. The Labute approximate surface area is 188 Å². The molecule has 3 aromatic rings. The maximum atomic E-state index is 13.6. The fourth-order valence-corrected chi connectivity index (χ4v) is 2.87. The molecular formula is C24H21F2N3O4. The zero-order valence-corrected chi connectivity index (χ0v) is 17.8. The van der Waals surface area contributed by atoms with Crippen molar-refractivity contribution in [1.29, 1.82) is 0 Å². The summed E-state index contributed by atoms with van der Waals surface area (Å²) in [5.41, 5.74) is 1.23. The van der Waals surface area contributed by atoms with E-state index in [1.54, 1.807) is 37.3 Å². The number of rotatable bonds is 7. The monoisotopic (exact) mass is 453 g/mol. The summed E-state index contributed by atoms with van der Waals surface area (Å²) in [6.45, 7) is 1.55. The van der Waals surface area contributed by atoms with Crippen LogP contribution in [-0.2, 0) is 9.59 Å². The van der Waals surface area contributed by atoms with Gasteiger partial charge in [-0.3, -0.25) is 14.4 Å². The van der Waals surface area contributed by atoms with E-state index >= 15 is 0 Å². The van der Waals surface area contributed by atoms with Crippen LogP contribution in [0.1, 0.15) is 23.0 Å². The van der Waals surface area contributed by atoms with E-state index in [1.807, 2.05) is 0 Å². The second-order valence-corrected chi connectivity index (χ2v) is 7.04. The predicted molar refractivity (Wildman–Crippen MR) is 119 cm³/mol. The van der Waals surface area contributed by atoms with E-state index in [9.17, 15) is 23.2 Å². The van der Waals surface area contributed by atoms with Crippen molar-refractivity contribution in [2.24, 2.45) is 0 Å². The van der Waals surface area contributed by atoms with Gasteiger partial charge in [-0.2, -0.15) is 0 Å². The Kier molecular flexibility index (Phi) is 7.34. The third kappa shape index (κ3) is 6.13. The van der Waals surface area contributed by atoms with Gasteiger partial charge in [0.05, 0.1) is 0 Å². The summed E-state index contributed by atoms with van der Waals surface area (Å²) in [4.78, 5) is 35.8. The highest BCUT2D eigenvalue weighted by molar-refractivity contribution is 6.02. The minimum atomic E-state index is -0.766. The number of likely N-dealkylation sites (N-methyl/N-ethyl adjacent to an activating group) is 1. The molecule has 0 bridgehead atoms. The summed E-state index contributed by atoms with van der Waals surface area (Å²) in [7, 11) is 1.48. The number of benzene rings is 2. The molecule has 0 spiro atoms. The van der Waals surface area contributed by atoms with Crippen molar-refractivity contribution in [2.75, 3.05) is 12.4 Å². The van der Waals surface area contributed by atoms with Gasteiger partial charge in [-0.05, 0) is 61.5 Å². The zero-order chi connectivity index (χ0) is 24.0. The van der Waals surface area contributed by atoms with Crippen molar-refractivity contribution < 1.29 is 27.6 Å². The van der Waals surface area contributed by atoms with E-state index in [0.717, 1.165) is 18.2 Å². The lowest BCUT2D eigenvalue weighted by Gasteiger charge is -2.10. The molecule has 0 aliphatic heterocycles. The van der Waals surface area contributed by atoms with Gasteiger partial charge in [-0.25, -0.2) is 8.78 Å². The number of hydrogen-bond donors (Lipinski definition) is 3. The van der Waals surface area contributed by atoms with Crippen LogP contribution < -0.4 is 16.0 Å². The van der Waals surface area contributed by atoms with Crippen LogP contribution in [0.2, 0.25) is 0 Å². The standard InChI is InChI=1S/C24H21F2N3O4/c1-14(23(31)27-2)28-24(32)21-11-10-20(33-21)16-4-8-18(9-5-16)29-22(30)12-6-15-3-7-17(25)13-19(15)26/h3-14H,1-2H3,(H,27,31)(H,28,32)(H,29,30). The summed E-state index contributed by atoms with van der Waals surface area (Å²) < 4.78 is 32.1. The second-order valence-electron chi connectivity index (χ2n) is 7.04. The molecule has 0 aliphatic carbocycles. The van der Waals surface area contributed by atoms with Gasteiger partial charge in [0.25, 0.3) is 5.91 Å². The van der Waals surface area contributed by atoms with Crippen molar-refractivity contribution in [3.05, 3.63) is 83.6 Å². The van der Waals surface area contributed by atoms with Crippen LogP contribution in [0.5, 0.6) is 0 Å². The van der Waals surface area contributed by atoms with E-state index in [0.29, 0.717) is 17.0 Å². The van der Waals surface area contributed by atoms with Crippen molar-refractivity contribution in [1.82, 2.24) is 10.6 Å². The highest BCUT2D eigenvalue weighted by Crippen LogP contribution is 2.24. The van der Waals surface area contributed by atoms with E-state index in [-0.39, 0.29) is 17.2 Å². The first-order chi connectivity index (χ1) is 15.8. The normalized spacial score (nSPS) is 11.8. The lowest BCUT2D eigenvalue weighted by molar-refractivity contribution is -0.122. The van der Waals surface area contributed by atoms with Gasteiger partial charge in [0, 0.05) is 36.0 Å². The van der Waals surface area contributed by atoms with Crippen LogP contribution in [-0.4, -0.2) is 30.8 Å². The number of carbonyl (C=O) groups excluding carboxylic acids is 3. The zero-order valence-electron chi connectivity index (χ0n) is 17.8. The molecule has 3 amide bonds. The van der Waals surface area contributed by atoms with Gasteiger partial charge in [0.1, 0.15) is 23.4 Å². The van der Waals surface area contributed by atoms with E-state index in [2.05, 4.69) is 16.0 Å². The predicted octanol–water partition coefficient (Wildman–Crippen LogP) is 3.74. The van der Waals surface area contributed by atoms with Gasteiger partial charge in [-0.15, -0.1) is 0 Å². The maximum Gasteiger partial charge on any atom is 0.287 e. The number of amides is 3. The molecule has 3 rings (SSSR count). The van der Waals surface area contributed by atoms with Crippen LogP contribution in [0.25, 0.3) is 17.4 Å². The van der Waals surface area contributed by atoms with Crippen molar-refractivity contribution in [2.45, 2.75) is 13.0 Å². The molecule has 1 unspecified atom stereocenters. The van der Waals surface area contributed by atoms with E-state index in [1.165, 1.54) is 25.3 Å². The number of furan rings is 1. The van der Waals surface area contributed by atoms with Gasteiger partial charge in [0.2, 0.25) is 11.8 Å². The summed E-state index contributed by atoms with van der Waals surface area (Å²) in [6.07, 6.45) is 2.39. The Morgan fingerprint density at radius 1 is 1.00 bits per heavy atom. The SMILES string of the molecule is CNC(=O)C(C)NC(=O)c1ccc(-c2ccc(NC(=O)C=Cc3ccc(F)cc3F)cc2)o1. The Balaban J connectivity index is 1.61. The minimum absolute atomic E-state index is 0.0521. The highest BCUT2D eigenvalue weighted by Gasteiger charge is 2.18. The Hall–Kier alpha value is -4.27. The van der Waals surface area contributed by atoms with Crippen molar-refractivity contribution in [3.8, 4) is 11.3 Å². The number of halogens is 2. The number of carbonyl (C=O) groups is 3. The van der Waals surface area contributed by atoms with Gasteiger partial charge >= 0.3 is 0 Å². The maximum absolute atomic E-state index is 13.6. The smallest absolute Gasteiger partial charge is 0.287 e. The first kappa shape index (κ1) is 23.4. The number of hydrogen-bond acceptors (Lipinski definition) is 4. The highest BCUT2D eigenvalue weighted by atomic mass is 19.1. The Bertz CT molecular complexity index is 1200. The van der Waals surface area contributed by atoms with Crippen molar-refractivity contribution in [3.63, 3.8) is 0 Å². The molecule has 1 atom stereocenters. The largest absolute Gasteiger partial charge is 0.451 e. The molecule has 9 heteroatoms. The molecule has 0 fully saturated rings. The fraction of sp³-hybridized carbons (Fsp3) is 0.125. The third-order valence-electron chi connectivity index (χ3n) is 4.63. The van der Waals surface area contributed by atoms with Crippen LogP contribution >= 0.6 is 0 Å². The van der Waals surface area contributed by atoms with E-state index in [4.69, 9.17) is 4.42 Å². The average molecular weight is 453 g/mol. The molecule has 33 heavy (non-hydrogen) atoms. The summed E-state index contributed by atoms with van der Waals surface area (Å²) in [5, 5.41) is 7.60. The summed E-state index contributed by atoms with van der Waals surface area (Å²) >= 11 is 0. The first-order valence-electron chi connectivity index (χ1n) is 9.93. The molecule has 1 heterocycles. The van der Waals surface area contributed by atoms with Gasteiger partial charge < -0.3 is 20.4 Å². The lowest BCUT2D eigenvalue weighted by atomic mass is 10.1. The fourth-order valence-electron chi connectivity index (χ4n) is 2.87. The quantitative estimate of drug-likeness (QED) is 0.475. The minimum Gasteiger partial charge on any atom is -0.451 e.